The van der Waals surface area contributed by atoms with Gasteiger partial charge in [-0.1, -0.05) is 0 Å². The first-order chi connectivity index (χ1) is 12.1. The van der Waals surface area contributed by atoms with Crippen LogP contribution < -0.4 is 5.32 Å². The van der Waals surface area contributed by atoms with E-state index in [0.717, 1.165) is 53.8 Å². The Labute approximate surface area is 147 Å². The molecule has 1 atom stereocenters. The molecule has 1 saturated heterocycles. The largest absolute Gasteiger partial charge is 0.468 e. The molecule has 6 nitrogen and oxygen atoms in total. The van der Waals surface area contributed by atoms with Gasteiger partial charge in [-0.05, 0) is 58.8 Å². The number of likely N-dealkylation sites (tertiary alicyclic amines) is 1. The third-order valence-corrected chi connectivity index (χ3v) is 5.11. The Morgan fingerprint density at radius 1 is 1.24 bits per heavy atom. The van der Waals surface area contributed by atoms with Crippen LogP contribution in [0.3, 0.4) is 0 Å². The van der Waals surface area contributed by atoms with Crippen molar-refractivity contribution in [3.63, 3.8) is 0 Å². The fraction of sp³-hybridized carbons (Fsp3) is 0.474. The highest BCUT2D eigenvalue weighted by Gasteiger charge is 2.25. The van der Waals surface area contributed by atoms with Crippen LogP contribution in [0, 0.1) is 20.8 Å². The summed E-state index contributed by atoms with van der Waals surface area (Å²) in [6, 6.07) is 6.33. The SMILES string of the molecule is Cc1cc(NC[C@@H](c2ccco2)N2CCCC2)n2nc(C)c(C)c2n1. The monoisotopic (exact) mass is 339 g/mol. The number of hydrogen-bond acceptors (Lipinski definition) is 5. The first-order valence-corrected chi connectivity index (χ1v) is 8.98. The van der Waals surface area contributed by atoms with Crippen LogP contribution in [0.1, 0.15) is 41.6 Å². The molecule has 1 fully saturated rings. The molecule has 132 valence electrons. The zero-order valence-electron chi connectivity index (χ0n) is 15.1. The normalized spacial score (nSPS) is 16.6. The molecule has 4 heterocycles. The second-order valence-electron chi connectivity index (χ2n) is 6.88. The standard InChI is InChI=1S/C19H25N5O/c1-13-11-18(24-19(21-13)14(2)15(3)22-24)20-12-16(17-7-6-10-25-17)23-8-4-5-9-23/h6-7,10-11,16,20H,4-5,8-9,12H2,1-3H3/t16-/m0/s1. The van der Waals surface area contributed by atoms with Crippen LogP contribution >= 0.6 is 0 Å². The maximum Gasteiger partial charge on any atom is 0.160 e. The molecule has 1 aliphatic rings. The number of aryl methyl sites for hydroxylation is 3. The fourth-order valence-corrected chi connectivity index (χ4v) is 3.62. The van der Waals surface area contributed by atoms with E-state index < -0.39 is 0 Å². The van der Waals surface area contributed by atoms with Gasteiger partial charge in [0.15, 0.2) is 5.65 Å². The van der Waals surface area contributed by atoms with Gasteiger partial charge in [-0.25, -0.2) is 4.98 Å². The van der Waals surface area contributed by atoms with Crippen LogP contribution in [0.5, 0.6) is 0 Å². The molecule has 0 saturated carbocycles. The summed E-state index contributed by atoms with van der Waals surface area (Å²) in [6.07, 6.45) is 4.27. The first kappa shape index (κ1) is 16.1. The number of aromatic nitrogens is 3. The zero-order valence-corrected chi connectivity index (χ0v) is 15.1. The number of nitrogens with one attached hydrogen (secondary N) is 1. The molecule has 0 bridgehead atoms. The van der Waals surface area contributed by atoms with Gasteiger partial charge in [-0.2, -0.15) is 9.61 Å². The molecule has 0 aliphatic carbocycles. The topological polar surface area (TPSA) is 58.6 Å². The summed E-state index contributed by atoms with van der Waals surface area (Å²) in [6.45, 7) is 9.15. The lowest BCUT2D eigenvalue weighted by Gasteiger charge is -2.26. The van der Waals surface area contributed by atoms with Gasteiger partial charge in [-0.3, -0.25) is 4.90 Å². The van der Waals surface area contributed by atoms with Gasteiger partial charge < -0.3 is 9.73 Å². The maximum atomic E-state index is 5.71. The fourth-order valence-electron chi connectivity index (χ4n) is 3.62. The maximum absolute atomic E-state index is 5.71. The molecule has 25 heavy (non-hydrogen) atoms. The van der Waals surface area contributed by atoms with E-state index >= 15 is 0 Å². The van der Waals surface area contributed by atoms with Crippen molar-refractivity contribution in [2.75, 3.05) is 25.0 Å². The van der Waals surface area contributed by atoms with E-state index in [9.17, 15) is 0 Å². The lowest BCUT2D eigenvalue weighted by atomic mass is 10.2. The van der Waals surface area contributed by atoms with Crippen molar-refractivity contribution in [1.29, 1.82) is 0 Å². The Morgan fingerprint density at radius 3 is 2.76 bits per heavy atom. The molecule has 6 heteroatoms. The summed E-state index contributed by atoms with van der Waals surface area (Å²) in [7, 11) is 0. The number of furan rings is 1. The third-order valence-electron chi connectivity index (χ3n) is 5.11. The summed E-state index contributed by atoms with van der Waals surface area (Å²) in [4.78, 5) is 7.14. The minimum atomic E-state index is 0.235. The van der Waals surface area contributed by atoms with Crippen molar-refractivity contribution in [2.24, 2.45) is 0 Å². The molecule has 3 aromatic rings. The molecule has 1 aliphatic heterocycles. The smallest absolute Gasteiger partial charge is 0.160 e. The Kier molecular flexibility index (Phi) is 4.21. The molecule has 4 rings (SSSR count). The van der Waals surface area contributed by atoms with Crippen molar-refractivity contribution in [3.8, 4) is 0 Å². The lowest BCUT2D eigenvalue weighted by Crippen LogP contribution is -2.31. The second kappa shape index (κ2) is 6.52. The molecular formula is C19H25N5O. The van der Waals surface area contributed by atoms with E-state index in [1.54, 1.807) is 6.26 Å². The van der Waals surface area contributed by atoms with Gasteiger partial charge >= 0.3 is 0 Å². The average molecular weight is 339 g/mol. The Bertz CT molecular complexity index is 862. The van der Waals surface area contributed by atoms with Crippen LogP contribution in [-0.2, 0) is 0 Å². The predicted molar refractivity (Wildman–Crippen MR) is 97.9 cm³/mol. The van der Waals surface area contributed by atoms with E-state index in [2.05, 4.69) is 39.4 Å². The summed E-state index contributed by atoms with van der Waals surface area (Å²) in [5.41, 5.74) is 4.07. The van der Waals surface area contributed by atoms with E-state index in [1.807, 2.05) is 24.4 Å². The number of anilines is 1. The lowest BCUT2D eigenvalue weighted by molar-refractivity contribution is 0.225. The van der Waals surface area contributed by atoms with Crippen molar-refractivity contribution in [2.45, 2.75) is 39.7 Å². The number of rotatable bonds is 5. The van der Waals surface area contributed by atoms with Crippen LogP contribution in [0.15, 0.2) is 28.9 Å². The number of nitrogens with zero attached hydrogens (tertiary/aromatic N) is 4. The third kappa shape index (κ3) is 3.02. The number of hydrogen-bond donors (Lipinski definition) is 1. The van der Waals surface area contributed by atoms with Gasteiger partial charge in [-0.15, -0.1) is 0 Å². The Morgan fingerprint density at radius 2 is 2.04 bits per heavy atom. The summed E-state index contributed by atoms with van der Waals surface area (Å²) < 4.78 is 7.63. The Balaban J connectivity index is 1.63. The molecule has 0 aromatic carbocycles. The van der Waals surface area contributed by atoms with E-state index in [4.69, 9.17) is 4.42 Å². The van der Waals surface area contributed by atoms with Gasteiger partial charge in [0.05, 0.1) is 18.0 Å². The summed E-state index contributed by atoms with van der Waals surface area (Å²) in [5.74, 6) is 2.00. The van der Waals surface area contributed by atoms with Crippen molar-refractivity contribution in [1.82, 2.24) is 19.5 Å². The van der Waals surface area contributed by atoms with Gasteiger partial charge in [0.2, 0.25) is 0 Å². The van der Waals surface area contributed by atoms with Crippen molar-refractivity contribution in [3.05, 3.63) is 47.2 Å². The highest BCUT2D eigenvalue weighted by molar-refractivity contribution is 5.56. The van der Waals surface area contributed by atoms with Gasteiger partial charge in [0.25, 0.3) is 0 Å². The second-order valence-corrected chi connectivity index (χ2v) is 6.88. The summed E-state index contributed by atoms with van der Waals surface area (Å²) >= 11 is 0. The molecule has 0 radical (unpaired) electrons. The van der Waals surface area contributed by atoms with E-state index in [-0.39, 0.29) is 6.04 Å². The molecule has 0 spiro atoms. The average Bonchev–Trinajstić information content (AvgIpc) is 3.33. The highest BCUT2D eigenvalue weighted by Crippen LogP contribution is 2.26. The molecule has 0 amide bonds. The Hall–Kier alpha value is -2.34. The molecule has 0 unspecified atom stereocenters. The van der Waals surface area contributed by atoms with Crippen LogP contribution in [-0.4, -0.2) is 39.1 Å². The van der Waals surface area contributed by atoms with Crippen LogP contribution in [0.2, 0.25) is 0 Å². The van der Waals surface area contributed by atoms with Crippen LogP contribution in [0.4, 0.5) is 5.82 Å². The quantitative estimate of drug-likeness (QED) is 0.771. The molecule has 1 N–H and O–H groups in total. The predicted octanol–water partition coefficient (Wildman–Crippen LogP) is 3.50. The highest BCUT2D eigenvalue weighted by atomic mass is 16.3. The molecule has 3 aromatic heterocycles. The summed E-state index contributed by atoms with van der Waals surface area (Å²) in [5, 5.41) is 8.24. The van der Waals surface area contributed by atoms with Gasteiger partial charge in [0.1, 0.15) is 11.6 Å². The van der Waals surface area contributed by atoms with E-state index in [1.165, 1.54) is 12.8 Å². The van der Waals surface area contributed by atoms with Crippen LogP contribution in [0.25, 0.3) is 5.65 Å². The van der Waals surface area contributed by atoms with Crippen molar-refractivity contribution >= 4 is 11.5 Å². The number of fused-ring (bicyclic) bond motifs is 1. The zero-order chi connectivity index (χ0) is 17.4. The minimum Gasteiger partial charge on any atom is -0.468 e. The van der Waals surface area contributed by atoms with Gasteiger partial charge in [0, 0.05) is 23.9 Å². The van der Waals surface area contributed by atoms with Crippen molar-refractivity contribution < 1.29 is 4.42 Å². The first-order valence-electron chi connectivity index (χ1n) is 8.98. The van der Waals surface area contributed by atoms with E-state index in [0.29, 0.717) is 0 Å². The minimum absolute atomic E-state index is 0.235. The molecular weight excluding hydrogens is 314 g/mol.